The zero-order chi connectivity index (χ0) is 19.2. The van der Waals surface area contributed by atoms with Crippen LogP contribution < -0.4 is 10.5 Å². The molecule has 4 heterocycles. The first-order valence-electron chi connectivity index (χ1n) is 8.83. The van der Waals surface area contributed by atoms with E-state index in [4.69, 9.17) is 4.74 Å². The predicted octanol–water partition coefficient (Wildman–Crippen LogP) is 0.0403. The number of H-pyrrole nitrogens is 1. The Bertz CT molecular complexity index is 1070. The molecule has 2 aliphatic heterocycles. The number of nitrogens with zero attached hydrogens (tertiary/aromatic N) is 5. The highest BCUT2D eigenvalue weighted by atomic mass is 32.2. The van der Waals surface area contributed by atoms with Crippen LogP contribution in [0.25, 0.3) is 11.2 Å². The maximum atomic E-state index is 12.7. The van der Waals surface area contributed by atoms with Gasteiger partial charge in [0.15, 0.2) is 11.2 Å². The van der Waals surface area contributed by atoms with Gasteiger partial charge in [-0.1, -0.05) is 0 Å². The molecule has 2 saturated heterocycles. The monoisotopic (exact) mass is 394 g/mol. The van der Waals surface area contributed by atoms with Crippen molar-refractivity contribution in [1.29, 1.82) is 0 Å². The molecule has 2 fully saturated rings. The van der Waals surface area contributed by atoms with Crippen molar-refractivity contribution in [3.05, 3.63) is 16.7 Å². The molecule has 27 heavy (non-hydrogen) atoms. The lowest BCUT2D eigenvalue weighted by Crippen LogP contribution is -2.56. The topological polar surface area (TPSA) is 123 Å². The van der Waals surface area contributed by atoms with Crippen molar-refractivity contribution in [2.45, 2.75) is 25.4 Å². The van der Waals surface area contributed by atoms with E-state index < -0.39 is 21.2 Å². The van der Waals surface area contributed by atoms with Gasteiger partial charge in [0, 0.05) is 38.6 Å². The number of ether oxygens (including phenoxy) is 1. The van der Waals surface area contributed by atoms with Crippen molar-refractivity contribution in [3.63, 3.8) is 0 Å². The van der Waals surface area contributed by atoms with Crippen molar-refractivity contribution in [3.8, 4) is 0 Å². The standard InChI is InChI=1S/C16H22N6O4S/c1-11(23)20-27(25)7-3-16(4-8-27)9-22(5-6-26-16)15-18-13-12(14(24)19-15)21(2)10-17-13/h10H,3-9H2,1-2H3,(H,18,19,24). The Hall–Kier alpha value is -2.27. The van der Waals surface area contributed by atoms with Crippen LogP contribution in [0.2, 0.25) is 0 Å². The fourth-order valence-electron chi connectivity index (χ4n) is 3.77. The summed E-state index contributed by atoms with van der Waals surface area (Å²) in [6.07, 6.45) is 2.66. The minimum atomic E-state index is -2.49. The van der Waals surface area contributed by atoms with Crippen LogP contribution in [0.5, 0.6) is 0 Å². The van der Waals surface area contributed by atoms with Crippen LogP contribution in [0.15, 0.2) is 15.5 Å². The maximum Gasteiger partial charge on any atom is 0.278 e. The van der Waals surface area contributed by atoms with Gasteiger partial charge in [0.05, 0.1) is 28.3 Å². The molecular formula is C16H22N6O4S. The molecule has 2 aliphatic rings. The van der Waals surface area contributed by atoms with Crippen LogP contribution in [0, 0.1) is 0 Å². The lowest BCUT2D eigenvalue weighted by atomic mass is 9.94. The van der Waals surface area contributed by atoms with Gasteiger partial charge in [0.1, 0.15) is 0 Å². The fourth-order valence-corrected chi connectivity index (χ4v) is 6.01. The Morgan fingerprint density at radius 1 is 1.41 bits per heavy atom. The Morgan fingerprint density at radius 3 is 2.85 bits per heavy atom. The molecule has 0 aliphatic carbocycles. The molecular weight excluding hydrogens is 372 g/mol. The minimum absolute atomic E-state index is 0.234. The Balaban J connectivity index is 1.58. The molecule has 0 aromatic carbocycles. The van der Waals surface area contributed by atoms with Crippen molar-refractivity contribution >= 4 is 32.7 Å². The first-order chi connectivity index (χ1) is 12.8. The third kappa shape index (κ3) is 3.36. The molecule has 0 atom stereocenters. The molecule has 1 N–H and O–H groups in total. The zero-order valence-corrected chi connectivity index (χ0v) is 16.1. The Labute approximate surface area is 156 Å². The van der Waals surface area contributed by atoms with Gasteiger partial charge < -0.3 is 14.2 Å². The number of aromatic amines is 1. The Kier molecular flexibility index (Phi) is 4.30. The summed E-state index contributed by atoms with van der Waals surface area (Å²) in [4.78, 5) is 37.1. The molecule has 146 valence electrons. The van der Waals surface area contributed by atoms with Gasteiger partial charge in [-0.2, -0.15) is 9.35 Å². The van der Waals surface area contributed by atoms with E-state index in [1.54, 1.807) is 17.9 Å². The molecule has 0 unspecified atom stereocenters. The first-order valence-corrected chi connectivity index (χ1v) is 10.7. The van der Waals surface area contributed by atoms with Crippen molar-refractivity contribution in [2.75, 3.05) is 36.1 Å². The van der Waals surface area contributed by atoms with Crippen molar-refractivity contribution in [2.24, 2.45) is 11.4 Å². The molecule has 1 amide bonds. The number of anilines is 1. The molecule has 0 radical (unpaired) electrons. The third-order valence-electron chi connectivity index (χ3n) is 5.17. The third-order valence-corrected chi connectivity index (χ3v) is 7.44. The summed E-state index contributed by atoms with van der Waals surface area (Å²) < 4.78 is 24.2. The summed E-state index contributed by atoms with van der Waals surface area (Å²) >= 11 is 0. The number of nitrogens with one attached hydrogen (secondary N) is 1. The summed E-state index contributed by atoms with van der Waals surface area (Å²) in [7, 11) is -0.738. The smallest absolute Gasteiger partial charge is 0.278 e. The van der Waals surface area contributed by atoms with Crippen LogP contribution in [-0.4, -0.2) is 66.4 Å². The van der Waals surface area contributed by atoms with E-state index >= 15 is 0 Å². The molecule has 4 rings (SSSR count). The van der Waals surface area contributed by atoms with Crippen LogP contribution in [0.3, 0.4) is 0 Å². The number of aryl methyl sites for hydroxylation is 1. The molecule has 0 saturated carbocycles. The number of carbonyl (C=O) groups is 1. The van der Waals surface area contributed by atoms with Crippen LogP contribution >= 0.6 is 0 Å². The van der Waals surface area contributed by atoms with E-state index in [0.29, 0.717) is 61.2 Å². The number of carbonyl (C=O) groups excluding carboxylic acids is 1. The van der Waals surface area contributed by atoms with E-state index in [-0.39, 0.29) is 5.56 Å². The molecule has 2 aromatic heterocycles. The highest BCUT2D eigenvalue weighted by Gasteiger charge is 2.42. The summed E-state index contributed by atoms with van der Waals surface area (Å²) in [6.45, 7) is 2.93. The lowest BCUT2D eigenvalue weighted by molar-refractivity contribution is -0.115. The quantitative estimate of drug-likeness (QED) is 0.724. The lowest BCUT2D eigenvalue weighted by Gasteiger charge is -2.45. The van der Waals surface area contributed by atoms with Crippen LogP contribution in [0.4, 0.5) is 5.95 Å². The van der Waals surface area contributed by atoms with Gasteiger partial charge in [0.25, 0.3) is 11.5 Å². The number of fused-ring (bicyclic) bond motifs is 1. The minimum Gasteiger partial charge on any atom is -0.371 e. The van der Waals surface area contributed by atoms with Gasteiger partial charge in [-0.15, -0.1) is 0 Å². The van der Waals surface area contributed by atoms with E-state index in [9.17, 15) is 13.8 Å². The number of hydrogen-bond acceptors (Lipinski definition) is 7. The number of hydrogen-bond donors (Lipinski definition) is 1. The van der Waals surface area contributed by atoms with Gasteiger partial charge in [-0.05, 0) is 12.8 Å². The number of aromatic nitrogens is 4. The van der Waals surface area contributed by atoms with Gasteiger partial charge in [-0.25, -0.2) is 9.19 Å². The summed E-state index contributed by atoms with van der Waals surface area (Å²) in [5.74, 6) is 0.744. The molecule has 11 heteroatoms. The molecule has 0 bridgehead atoms. The second-order valence-electron chi connectivity index (χ2n) is 7.16. The summed E-state index contributed by atoms with van der Waals surface area (Å²) in [6, 6.07) is 0. The van der Waals surface area contributed by atoms with Crippen molar-refractivity contribution < 1.29 is 13.7 Å². The Morgan fingerprint density at radius 2 is 2.15 bits per heavy atom. The summed E-state index contributed by atoms with van der Waals surface area (Å²) in [5, 5.41) is 0. The summed E-state index contributed by atoms with van der Waals surface area (Å²) in [5.41, 5.74) is 0.138. The number of amides is 1. The van der Waals surface area contributed by atoms with Crippen LogP contribution in [0.1, 0.15) is 19.8 Å². The number of rotatable bonds is 1. The second kappa shape index (κ2) is 6.41. The number of morpholine rings is 1. The average molecular weight is 394 g/mol. The molecule has 1 spiro atoms. The molecule has 2 aromatic rings. The highest BCUT2D eigenvalue weighted by Crippen LogP contribution is 2.33. The average Bonchev–Trinajstić information content (AvgIpc) is 2.99. The van der Waals surface area contributed by atoms with E-state index in [0.717, 1.165) is 0 Å². The SMILES string of the molecule is CC(=O)N=S1(=O)CCC2(CC1)CN(c1nc3ncn(C)c3c(=O)[nH]1)CCO2. The normalized spacial score (nSPS) is 28.6. The largest absolute Gasteiger partial charge is 0.371 e. The first kappa shape index (κ1) is 18.1. The second-order valence-corrected chi connectivity index (χ2v) is 9.71. The number of imidazole rings is 1. The highest BCUT2D eigenvalue weighted by molar-refractivity contribution is 7.93. The molecule has 10 nitrogen and oxygen atoms in total. The van der Waals surface area contributed by atoms with Gasteiger partial charge in [0.2, 0.25) is 5.95 Å². The fraction of sp³-hybridized carbons (Fsp3) is 0.625. The van der Waals surface area contributed by atoms with Crippen molar-refractivity contribution in [1.82, 2.24) is 19.5 Å². The maximum absolute atomic E-state index is 12.7. The zero-order valence-electron chi connectivity index (χ0n) is 15.3. The van der Waals surface area contributed by atoms with E-state index in [1.165, 1.54) is 6.92 Å². The van der Waals surface area contributed by atoms with E-state index in [1.807, 2.05) is 4.90 Å². The van der Waals surface area contributed by atoms with Gasteiger partial charge in [-0.3, -0.25) is 14.6 Å². The van der Waals surface area contributed by atoms with Crippen LogP contribution in [-0.2, 0) is 26.3 Å². The predicted molar refractivity (Wildman–Crippen MR) is 100 cm³/mol. The van der Waals surface area contributed by atoms with E-state index in [2.05, 4.69) is 19.3 Å². The van der Waals surface area contributed by atoms with Gasteiger partial charge >= 0.3 is 0 Å².